The minimum Gasteiger partial charge on any atom is -0.275 e. The van der Waals surface area contributed by atoms with Gasteiger partial charge in [0, 0.05) is 4.47 Å². The Balaban J connectivity index is 2.46. The van der Waals surface area contributed by atoms with Gasteiger partial charge in [-0.1, -0.05) is 17.7 Å². The van der Waals surface area contributed by atoms with Crippen molar-refractivity contribution < 1.29 is 17.2 Å². The monoisotopic (exact) mass is 381 g/mol. The van der Waals surface area contributed by atoms with E-state index in [0.29, 0.717) is 0 Å². The molecule has 2 aromatic carbocycles. The summed E-state index contributed by atoms with van der Waals surface area (Å²) in [6, 6.07) is 6.82. The zero-order valence-corrected chi connectivity index (χ0v) is 12.9. The summed E-state index contributed by atoms with van der Waals surface area (Å²) in [5, 5.41) is -0.0770. The maximum Gasteiger partial charge on any atom is 0.263 e. The first kappa shape index (κ1) is 15.2. The predicted molar refractivity (Wildman–Crippen MR) is 76.3 cm³/mol. The number of nitrogens with one attached hydrogen (secondary N) is 1. The van der Waals surface area contributed by atoms with Crippen LogP contribution in [0, 0.1) is 11.6 Å². The first-order valence-electron chi connectivity index (χ1n) is 5.23. The lowest BCUT2D eigenvalue weighted by molar-refractivity contribution is 0.596. The van der Waals surface area contributed by atoms with Crippen LogP contribution >= 0.6 is 27.5 Å². The maximum absolute atomic E-state index is 13.6. The zero-order chi connectivity index (χ0) is 14.9. The standard InChI is InChI=1S/C12H7BrClF2NO2S/c13-8-6-7(15)4-5-11(8)20(18,19)17-12-9(14)2-1-3-10(12)16/h1-6,17H. The number of benzene rings is 2. The number of sulfonamides is 1. The average molecular weight is 383 g/mol. The lowest BCUT2D eigenvalue weighted by Crippen LogP contribution is -2.15. The fourth-order valence-corrected chi connectivity index (χ4v) is 3.88. The van der Waals surface area contributed by atoms with E-state index >= 15 is 0 Å². The molecule has 0 aliphatic rings. The number of rotatable bonds is 3. The molecule has 2 aromatic rings. The van der Waals surface area contributed by atoms with Crippen LogP contribution in [0.4, 0.5) is 14.5 Å². The molecule has 3 nitrogen and oxygen atoms in total. The van der Waals surface area contributed by atoms with Crippen LogP contribution in [0.2, 0.25) is 5.02 Å². The highest BCUT2D eigenvalue weighted by Gasteiger charge is 2.21. The molecule has 0 unspecified atom stereocenters. The van der Waals surface area contributed by atoms with Crippen molar-refractivity contribution in [1.82, 2.24) is 0 Å². The Morgan fingerprint density at radius 1 is 1.15 bits per heavy atom. The largest absolute Gasteiger partial charge is 0.275 e. The lowest BCUT2D eigenvalue weighted by atomic mass is 10.3. The quantitative estimate of drug-likeness (QED) is 0.865. The van der Waals surface area contributed by atoms with Crippen LogP contribution in [0.5, 0.6) is 0 Å². The van der Waals surface area contributed by atoms with E-state index in [9.17, 15) is 17.2 Å². The normalized spacial score (nSPS) is 11.4. The molecule has 0 radical (unpaired) electrons. The fraction of sp³-hybridized carbons (Fsp3) is 0. The maximum atomic E-state index is 13.6. The van der Waals surface area contributed by atoms with E-state index in [4.69, 9.17) is 11.6 Å². The minimum absolute atomic E-state index is 0.0254. The molecule has 0 atom stereocenters. The van der Waals surface area contributed by atoms with E-state index in [1.54, 1.807) is 0 Å². The number of hydrogen-bond donors (Lipinski definition) is 1. The number of anilines is 1. The molecule has 0 saturated heterocycles. The molecular formula is C12H7BrClF2NO2S. The van der Waals surface area contributed by atoms with E-state index in [2.05, 4.69) is 15.9 Å². The van der Waals surface area contributed by atoms with Gasteiger partial charge in [0.05, 0.1) is 5.02 Å². The second-order valence-electron chi connectivity index (χ2n) is 3.78. The highest BCUT2D eigenvalue weighted by atomic mass is 79.9. The van der Waals surface area contributed by atoms with Crippen molar-refractivity contribution in [2.75, 3.05) is 4.72 Å². The first-order valence-corrected chi connectivity index (χ1v) is 7.88. The summed E-state index contributed by atoms with van der Waals surface area (Å²) in [5.74, 6) is -1.40. The molecule has 0 aliphatic carbocycles. The second-order valence-corrected chi connectivity index (χ2v) is 6.69. The molecule has 8 heteroatoms. The van der Waals surface area contributed by atoms with Crippen LogP contribution < -0.4 is 4.72 Å². The van der Waals surface area contributed by atoms with Crippen molar-refractivity contribution in [2.45, 2.75) is 4.90 Å². The third-order valence-electron chi connectivity index (χ3n) is 2.38. The Morgan fingerprint density at radius 3 is 2.45 bits per heavy atom. The van der Waals surface area contributed by atoms with Crippen LogP contribution in [0.25, 0.3) is 0 Å². The molecule has 106 valence electrons. The van der Waals surface area contributed by atoms with Gasteiger partial charge in [-0.2, -0.15) is 0 Å². The molecule has 1 N–H and O–H groups in total. The van der Waals surface area contributed by atoms with Gasteiger partial charge in [-0.15, -0.1) is 0 Å². The molecule has 2 rings (SSSR count). The third kappa shape index (κ3) is 3.11. The van der Waals surface area contributed by atoms with Crippen LogP contribution in [0.3, 0.4) is 0 Å². The molecule has 0 amide bonds. The van der Waals surface area contributed by atoms with Crippen molar-refractivity contribution in [3.8, 4) is 0 Å². The average Bonchev–Trinajstić information content (AvgIpc) is 2.33. The predicted octanol–water partition coefficient (Wildman–Crippen LogP) is 4.18. The summed E-state index contributed by atoms with van der Waals surface area (Å²) < 4.78 is 52.9. The Morgan fingerprint density at radius 2 is 1.85 bits per heavy atom. The Bertz CT molecular complexity index is 748. The lowest BCUT2D eigenvalue weighted by Gasteiger charge is -2.11. The van der Waals surface area contributed by atoms with Crippen molar-refractivity contribution in [3.05, 3.63) is 57.5 Å². The van der Waals surface area contributed by atoms with Gasteiger partial charge < -0.3 is 0 Å². The van der Waals surface area contributed by atoms with Crippen LogP contribution in [0.15, 0.2) is 45.8 Å². The van der Waals surface area contributed by atoms with Gasteiger partial charge in [0.25, 0.3) is 10.0 Å². The van der Waals surface area contributed by atoms with Crippen LogP contribution in [-0.2, 0) is 10.0 Å². The van der Waals surface area contributed by atoms with Gasteiger partial charge in [0.1, 0.15) is 22.2 Å². The van der Waals surface area contributed by atoms with Crippen LogP contribution in [0.1, 0.15) is 0 Å². The van der Waals surface area contributed by atoms with E-state index in [0.717, 1.165) is 24.3 Å². The highest BCUT2D eigenvalue weighted by molar-refractivity contribution is 9.10. The topological polar surface area (TPSA) is 46.2 Å². The van der Waals surface area contributed by atoms with Gasteiger partial charge in [-0.3, -0.25) is 4.72 Å². The third-order valence-corrected chi connectivity index (χ3v) is 5.02. The van der Waals surface area contributed by atoms with Gasteiger partial charge in [-0.05, 0) is 46.3 Å². The number of hydrogen-bond acceptors (Lipinski definition) is 2. The molecule has 0 aliphatic heterocycles. The smallest absolute Gasteiger partial charge is 0.263 e. The van der Waals surface area contributed by atoms with E-state index in [-0.39, 0.29) is 20.1 Å². The number of halogens is 4. The summed E-state index contributed by atoms with van der Waals surface area (Å²) in [6.07, 6.45) is 0. The van der Waals surface area contributed by atoms with Crippen molar-refractivity contribution in [1.29, 1.82) is 0 Å². The van der Waals surface area contributed by atoms with Gasteiger partial charge in [0.15, 0.2) is 0 Å². The summed E-state index contributed by atoms with van der Waals surface area (Å²) in [5.41, 5.74) is -0.356. The highest BCUT2D eigenvalue weighted by Crippen LogP contribution is 2.29. The molecule has 0 aromatic heterocycles. The van der Waals surface area contributed by atoms with Crippen LogP contribution in [-0.4, -0.2) is 8.42 Å². The second kappa shape index (κ2) is 5.67. The SMILES string of the molecule is O=S(=O)(Nc1c(F)cccc1Cl)c1ccc(F)cc1Br. The zero-order valence-electron chi connectivity index (χ0n) is 9.70. The van der Waals surface area contributed by atoms with Gasteiger partial charge >= 0.3 is 0 Å². The molecule has 0 fully saturated rings. The summed E-state index contributed by atoms with van der Waals surface area (Å²) in [7, 11) is -4.09. The van der Waals surface area contributed by atoms with Crippen molar-refractivity contribution in [2.24, 2.45) is 0 Å². The summed E-state index contributed by atoms with van der Waals surface area (Å²) in [4.78, 5) is -0.224. The summed E-state index contributed by atoms with van der Waals surface area (Å²) >= 11 is 8.70. The molecule has 0 heterocycles. The molecule has 0 bridgehead atoms. The Hall–Kier alpha value is -1.18. The molecular weight excluding hydrogens is 376 g/mol. The summed E-state index contributed by atoms with van der Waals surface area (Å²) in [6.45, 7) is 0. The number of para-hydroxylation sites is 1. The molecule has 20 heavy (non-hydrogen) atoms. The molecule has 0 saturated carbocycles. The van der Waals surface area contributed by atoms with Crippen molar-refractivity contribution in [3.63, 3.8) is 0 Å². The van der Waals surface area contributed by atoms with E-state index in [1.165, 1.54) is 12.1 Å². The van der Waals surface area contributed by atoms with Crippen molar-refractivity contribution >= 4 is 43.2 Å². The minimum atomic E-state index is -4.09. The van der Waals surface area contributed by atoms with E-state index in [1.807, 2.05) is 4.72 Å². The first-order chi connectivity index (χ1) is 9.31. The van der Waals surface area contributed by atoms with Gasteiger partial charge in [-0.25, -0.2) is 17.2 Å². The Labute approximate surface area is 127 Å². The van der Waals surface area contributed by atoms with Gasteiger partial charge in [0.2, 0.25) is 0 Å². The molecule has 0 spiro atoms. The fourth-order valence-electron chi connectivity index (χ4n) is 1.48. The van der Waals surface area contributed by atoms with E-state index < -0.39 is 21.7 Å². The Kier molecular flexibility index (Phi) is 4.31.